The normalized spacial score (nSPS) is 10.6. The molecule has 0 saturated heterocycles. The largest absolute Gasteiger partial charge is 0.457 e. The Morgan fingerprint density at radius 3 is 2.42 bits per heavy atom. The number of nitrogens with one attached hydrogen (secondary N) is 3. The first-order valence-electron chi connectivity index (χ1n) is 10.5. The zero-order valence-corrected chi connectivity index (χ0v) is 18.5. The molecular weight excluding hydrogens is 420 g/mol. The monoisotopic (exact) mass is 444 g/mol. The Morgan fingerprint density at radius 2 is 1.70 bits per heavy atom. The van der Waals surface area contributed by atoms with Gasteiger partial charge in [-0.1, -0.05) is 0 Å². The summed E-state index contributed by atoms with van der Waals surface area (Å²) < 4.78 is 7.89. The Labute approximate surface area is 190 Å². The van der Waals surface area contributed by atoms with Gasteiger partial charge in [-0.2, -0.15) is 0 Å². The van der Waals surface area contributed by atoms with E-state index in [-0.39, 0.29) is 17.6 Å². The molecule has 0 aliphatic heterocycles. The number of carbonyl (C=O) groups excluding carboxylic acids is 2. The van der Waals surface area contributed by atoms with Gasteiger partial charge in [0.15, 0.2) is 0 Å². The summed E-state index contributed by atoms with van der Waals surface area (Å²) in [6, 6.07) is 15.4. The van der Waals surface area contributed by atoms with Gasteiger partial charge >= 0.3 is 6.03 Å². The van der Waals surface area contributed by atoms with Gasteiger partial charge in [-0.3, -0.25) is 9.78 Å². The summed E-state index contributed by atoms with van der Waals surface area (Å²) in [5.74, 6) is 1.69. The first-order chi connectivity index (χ1) is 16.0. The highest BCUT2D eigenvalue weighted by molar-refractivity contribution is 6.00. The molecule has 0 spiro atoms. The summed E-state index contributed by atoms with van der Waals surface area (Å²) in [5.41, 5.74) is 3.40. The van der Waals surface area contributed by atoms with Crippen molar-refractivity contribution in [3.63, 3.8) is 0 Å². The van der Waals surface area contributed by atoms with E-state index in [0.717, 1.165) is 23.4 Å². The van der Waals surface area contributed by atoms with Gasteiger partial charge in [-0.15, -0.1) is 0 Å². The van der Waals surface area contributed by atoms with E-state index in [1.165, 1.54) is 6.20 Å². The van der Waals surface area contributed by atoms with E-state index >= 15 is 0 Å². The standard InChI is InChI=1S/C24H24N6O3/c1-4-30-15(2)27-20-13-17(7-10-22(20)30)29-24(32)28-16-5-8-18(9-6-16)33-19-11-12-26-21(14-19)23(31)25-3/h5-14H,4H2,1-3H3,(H,25,31)(H2,28,29,32). The van der Waals surface area contributed by atoms with Crippen molar-refractivity contribution < 1.29 is 14.3 Å². The molecule has 4 aromatic rings. The van der Waals surface area contributed by atoms with Gasteiger partial charge in [0.25, 0.3) is 5.91 Å². The number of aryl methyl sites for hydroxylation is 2. The van der Waals surface area contributed by atoms with Crippen LogP contribution in [0.15, 0.2) is 60.8 Å². The lowest BCUT2D eigenvalue weighted by atomic mass is 10.2. The fourth-order valence-electron chi connectivity index (χ4n) is 3.49. The zero-order valence-electron chi connectivity index (χ0n) is 18.5. The van der Waals surface area contributed by atoms with Gasteiger partial charge in [0, 0.05) is 37.2 Å². The van der Waals surface area contributed by atoms with Gasteiger partial charge in [-0.25, -0.2) is 9.78 Å². The number of rotatable bonds is 6. The number of imidazole rings is 1. The number of ether oxygens (including phenoxy) is 1. The van der Waals surface area contributed by atoms with Crippen LogP contribution >= 0.6 is 0 Å². The first kappa shape index (κ1) is 21.8. The lowest BCUT2D eigenvalue weighted by molar-refractivity contribution is 0.0958. The second-order valence-electron chi connectivity index (χ2n) is 7.27. The van der Waals surface area contributed by atoms with Crippen LogP contribution in [-0.2, 0) is 6.54 Å². The second kappa shape index (κ2) is 9.39. The minimum Gasteiger partial charge on any atom is -0.457 e. The van der Waals surface area contributed by atoms with E-state index in [4.69, 9.17) is 4.74 Å². The number of fused-ring (bicyclic) bond motifs is 1. The van der Waals surface area contributed by atoms with Crippen molar-refractivity contribution in [3.05, 3.63) is 72.3 Å². The SMILES string of the molecule is CCn1c(C)nc2cc(NC(=O)Nc3ccc(Oc4ccnc(C(=O)NC)c4)cc3)ccc21. The quantitative estimate of drug-likeness (QED) is 0.404. The summed E-state index contributed by atoms with van der Waals surface area (Å²) in [5, 5.41) is 8.15. The third kappa shape index (κ3) is 4.93. The number of aromatic nitrogens is 3. The summed E-state index contributed by atoms with van der Waals surface area (Å²) >= 11 is 0. The molecule has 0 radical (unpaired) electrons. The number of hydrogen-bond acceptors (Lipinski definition) is 5. The smallest absolute Gasteiger partial charge is 0.323 e. The molecule has 0 bridgehead atoms. The maximum atomic E-state index is 12.4. The van der Waals surface area contributed by atoms with Crippen LogP contribution in [0.25, 0.3) is 11.0 Å². The first-order valence-corrected chi connectivity index (χ1v) is 10.5. The van der Waals surface area contributed by atoms with Crippen molar-refractivity contribution in [1.82, 2.24) is 19.9 Å². The third-order valence-corrected chi connectivity index (χ3v) is 5.05. The highest BCUT2D eigenvalue weighted by atomic mass is 16.5. The molecule has 0 aliphatic rings. The van der Waals surface area contributed by atoms with Crippen LogP contribution in [-0.4, -0.2) is 33.5 Å². The molecule has 2 aromatic heterocycles. The van der Waals surface area contributed by atoms with Crippen molar-refractivity contribution in [3.8, 4) is 11.5 Å². The van der Waals surface area contributed by atoms with Crippen molar-refractivity contribution >= 4 is 34.3 Å². The molecule has 0 unspecified atom stereocenters. The molecule has 2 aromatic carbocycles. The number of benzene rings is 2. The molecule has 168 valence electrons. The number of amides is 3. The number of hydrogen-bond donors (Lipinski definition) is 3. The molecule has 0 fully saturated rings. The maximum Gasteiger partial charge on any atom is 0.323 e. The van der Waals surface area contributed by atoms with Crippen LogP contribution in [0.4, 0.5) is 16.2 Å². The van der Waals surface area contributed by atoms with Crippen molar-refractivity contribution in [2.45, 2.75) is 20.4 Å². The molecule has 33 heavy (non-hydrogen) atoms. The molecule has 3 N–H and O–H groups in total. The Bertz CT molecular complexity index is 1310. The van der Waals surface area contributed by atoms with Crippen molar-refractivity contribution in [1.29, 1.82) is 0 Å². The van der Waals surface area contributed by atoms with E-state index in [9.17, 15) is 9.59 Å². The average Bonchev–Trinajstić information content (AvgIpc) is 3.14. The highest BCUT2D eigenvalue weighted by Crippen LogP contribution is 2.24. The zero-order chi connectivity index (χ0) is 23.4. The Hall–Kier alpha value is -4.40. The molecule has 0 atom stereocenters. The molecule has 0 saturated carbocycles. The lowest BCUT2D eigenvalue weighted by Gasteiger charge is -2.10. The van der Waals surface area contributed by atoms with E-state index in [1.54, 1.807) is 43.4 Å². The molecular formula is C24H24N6O3. The van der Waals surface area contributed by atoms with Gasteiger partial charge in [0.1, 0.15) is 23.0 Å². The summed E-state index contributed by atoms with van der Waals surface area (Å²) in [6.07, 6.45) is 1.51. The molecule has 2 heterocycles. The minimum atomic E-state index is -0.362. The Morgan fingerprint density at radius 1 is 0.970 bits per heavy atom. The fourth-order valence-corrected chi connectivity index (χ4v) is 3.49. The lowest BCUT2D eigenvalue weighted by Crippen LogP contribution is -2.19. The summed E-state index contributed by atoms with van der Waals surface area (Å²) in [7, 11) is 1.54. The van der Waals surface area contributed by atoms with E-state index in [2.05, 4.69) is 37.4 Å². The molecule has 4 rings (SSSR count). The molecule has 9 nitrogen and oxygen atoms in total. The van der Waals surface area contributed by atoms with Gasteiger partial charge in [-0.05, 0) is 62.4 Å². The number of pyridine rings is 1. The van der Waals surface area contributed by atoms with Crippen LogP contribution in [0, 0.1) is 6.92 Å². The van der Waals surface area contributed by atoms with Crippen LogP contribution < -0.4 is 20.7 Å². The number of urea groups is 1. The summed E-state index contributed by atoms with van der Waals surface area (Å²) in [4.78, 5) is 32.7. The van der Waals surface area contributed by atoms with Crippen molar-refractivity contribution in [2.24, 2.45) is 0 Å². The number of nitrogens with zero attached hydrogens (tertiary/aromatic N) is 3. The van der Waals surface area contributed by atoms with Gasteiger partial charge < -0.3 is 25.3 Å². The minimum absolute atomic E-state index is 0.264. The van der Waals surface area contributed by atoms with Crippen molar-refractivity contribution in [2.75, 3.05) is 17.7 Å². The van der Waals surface area contributed by atoms with E-state index < -0.39 is 0 Å². The van der Waals surface area contributed by atoms with Crippen LogP contribution in [0.2, 0.25) is 0 Å². The fraction of sp³-hybridized carbons (Fsp3) is 0.167. The average molecular weight is 444 g/mol. The van der Waals surface area contributed by atoms with E-state index in [0.29, 0.717) is 22.9 Å². The third-order valence-electron chi connectivity index (χ3n) is 5.05. The predicted octanol–water partition coefficient (Wildman–Crippen LogP) is 4.56. The Kier molecular flexibility index (Phi) is 6.21. The summed E-state index contributed by atoms with van der Waals surface area (Å²) in [6.45, 7) is 4.88. The molecule has 9 heteroatoms. The van der Waals surface area contributed by atoms with E-state index in [1.807, 2.05) is 25.1 Å². The van der Waals surface area contributed by atoms with Gasteiger partial charge in [0.2, 0.25) is 0 Å². The number of anilines is 2. The van der Waals surface area contributed by atoms with Crippen LogP contribution in [0.1, 0.15) is 23.2 Å². The molecule has 3 amide bonds. The van der Waals surface area contributed by atoms with Crippen LogP contribution in [0.3, 0.4) is 0 Å². The highest BCUT2D eigenvalue weighted by Gasteiger charge is 2.10. The molecule has 0 aliphatic carbocycles. The topological polar surface area (TPSA) is 110 Å². The number of carbonyl (C=O) groups is 2. The Balaban J connectivity index is 1.38. The second-order valence-corrected chi connectivity index (χ2v) is 7.27. The maximum absolute atomic E-state index is 12.4. The van der Waals surface area contributed by atoms with Gasteiger partial charge in [0.05, 0.1) is 11.0 Å². The van der Waals surface area contributed by atoms with Crippen LogP contribution in [0.5, 0.6) is 11.5 Å². The predicted molar refractivity (Wildman–Crippen MR) is 127 cm³/mol.